The zero-order chi connectivity index (χ0) is 19.7. The van der Waals surface area contributed by atoms with Gasteiger partial charge in [0.15, 0.2) is 0 Å². The first kappa shape index (κ1) is 20.2. The molecule has 0 spiro atoms. The van der Waals surface area contributed by atoms with Crippen molar-refractivity contribution in [3.63, 3.8) is 0 Å². The van der Waals surface area contributed by atoms with Gasteiger partial charge in [-0.25, -0.2) is 18.4 Å². The molecule has 0 amide bonds. The minimum absolute atomic E-state index is 0.0942. The van der Waals surface area contributed by atoms with Gasteiger partial charge in [-0.3, -0.25) is 0 Å². The van der Waals surface area contributed by atoms with Gasteiger partial charge in [0, 0.05) is 17.1 Å². The van der Waals surface area contributed by atoms with E-state index in [0.717, 1.165) is 16.9 Å². The standard InChI is InChI=1S/C15H15F3N2O4S2/c1-2-8-3-9(25-7-8)6-20-12-5-11(15(16,17)18)13(26(19,23)24)4-10(12)14(21)22/h3-5,7,20H,2,6H2,1H3,(H,21,22)(H2,19,23,24). The number of sulfonamides is 1. The molecule has 1 aromatic heterocycles. The van der Waals surface area contributed by atoms with Gasteiger partial charge in [-0.15, -0.1) is 11.3 Å². The number of thiophene rings is 1. The highest BCUT2D eigenvalue weighted by atomic mass is 32.2. The topological polar surface area (TPSA) is 109 Å². The van der Waals surface area contributed by atoms with Crippen molar-refractivity contribution in [1.29, 1.82) is 0 Å². The lowest BCUT2D eigenvalue weighted by Crippen LogP contribution is -2.21. The summed E-state index contributed by atoms with van der Waals surface area (Å²) in [6, 6.07) is 2.73. The van der Waals surface area contributed by atoms with Crippen LogP contribution >= 0.6 is 11.3 Å². The third-order valence-corrected chi connectivity index (χ3v) is 5.47. The number of halogens is 3. The molecule has 0 fully saturated rings. The van der Waals surface area contributed by atoms with Crippen LogP contribution in [0.25, 0.3) is 0 Å². The lowest BCUT2D eigenvalue weighted by atomic mass is 10.1. The molecule has 142 valence electrons. The molecule has 26 heavy (non-hydrogen) atoms. The van der Waals surface area contributed by atoms with Crippen LogP contribution in [0.15, 0.2) is 28.5 Å². The third kappa shape index (κ3) is 4.54. The normalized spacial score (nSPS) is 12.2. The Labute approximate surface area is 151 Å². The summed E-state index contributed by atoms with van der Waals surface area (Å²) in [4.78, 5) is 10.9. The van der Waals surface area contributed by atoms with Crippen LogP contribution in [0.3, 0.4) is 0 Å². The van der Waals surface area contributed by atoms with Crippen LogP contribution in [-0.2, 0) is 29.2 Å². The molecular weight excluding hydrogens is 393 g/mol. The Morgan fingerprint density at radius 3 is 2.42 bits per heavy atom. The van der Waals surface area contributed by atoms with E-state index in [9.17, 15) is 31.5 Å². The molecule has 1 aromatic carbocycles. The zero-order valence-corrected chi connectivity index (χ0v) is 15.1. The van der Waals surface area contributed by atoms with E-state index >= 15 is 0 Å². The number of rotatable bonds is 6. The molecule has 0 aliphatic carbocycles. The molecule has 0 aliphatic heterocycles. The highest BCUT2D eigenvalue weighted by Crippen LogP contribution is 2.37. The second-order valence-electron chi connectivity index (χ2n) is 5.37. The van der Waals surface area contributed by atoms with Crippen molar-refractivity contribution >= 4 is 33.0 Å². The molecular formula is C15H15F3N2O4S2. The second kappa shape index (κ2) is 7.25. The number of aromatic carboxylic acids is 1. The summed E-state index contributed by atoms with van der Waals surface area (Å²) in [6.07, 6.45) is -4.23. The van der Waals surface area contributed by atoms with E-state index in [1.54, 1.807) is 0 Å². The van der Waals surface area contributed by atoms with Crippen LogP contribution in [0.5, 0.6) is 0 Å². The minimum Gasteiger partial charge on any atom is -0.478 e. The average Bonchev–Trinajstić information content (AvgIpc) is 2.98. The van der Waals surface area contributed by atoms with Gasteiger partial charge in [0.2, 0.25) is 10.0 Å². The molecule has 4 N–H and O–H groups in total. The van der Waals surface area contributed by atoms with Gasteiger partial charge in [0.25, 0.3) is 0 Å². The molecule has 0 unspecified atom stereocenters. The average molecular weight is 408 g/mol. The first-order chi connectivity index (χ1) is 11.9. The maximum Gasteiger partial charge on any atom is 0.417 e. The molecule has 0 atom stereocenters. The van der Waals surface area contributed by atoms with Gasteiger partial charge in [0.05, 0.1) is 16.0 Å². The number of nitrogens with one attached hydrogen (secondary N) is 1. The van der Waals surface area contributed by atoms with Crippen LogP contribution in [0.2, 0.25) is 0 Å². The third-order valence-electron chi connectivity index (χ3n) is 3.53. The summed E-state index contributed by atoms with van der Waals surface area (Å²) < 4.78 is 62.6. The first-order valence-corrected chi connectivity index (χ1v) is 9.67. The van der Waals surface area contributed by atoms with Crippen LogP contribution in [0.1, 0.15) is 33.3 Å². The van der Waals surface area contributed by atoms with E-state index in [4.69, 9.17) is 5.14 Å². The maximum atomic E-state index is 13.2. The Hall–Kier alpha value is -2.11. The fourth-order valence-electron chi connectivity index (χ4n) is 2.25. The number of hydrogen-bond acceptors (Lipinski definition) is 5. The van der Waals surface area contributed by atoms with E-state index in [1.165, 1.54) is 11.3 Å². The van der Waals surface area contributed by atoms with Crippen molar-refractivity contribution in [2.45, 2.75) is 31.0 Å². The number of aryl methyl sites for hydroxylation is 1. The number of benzene rings is 1. The fraction of sp³-hybridized carbons (Fsp3) is 0.267. The Bertz CT molecular complexity index is 937. The Morgan fingerprint density at radius 2 is 1.96 bits per heavy atom. The van der Waals surface area contributed by atoms with Gasteiger partial charge in [0.1, 0.15) is 0 Å². The SMILES string of the molecule is CCc1csc(CNc2cc(C(F)(F)F)c(S(N)(=O)=O)cc2C(=O)O)c1. The lowest BCUT2D eigenvalue weighted by Gasteiger charge is -2.16. The van der Waals surface area contributed by atoms with Crippen molar-refractivity contribution in [1.82, 2.24) is 0 Å². The molecule has 11 heteroatoms. The van der Waals surface area contributed by atoms with E-state index in [1.807, 2.05) is 18.4 Å². The van der Waals surface area contributed by atoms with Crippen molar-refractivity contribution < 1.29 is 31.5 Å². The van der Waals surface area contributed by atoms with Gasteiger partial charge in [-0.1, -0.05) is 6.92 Å². The van der Waals surface area contributed by atoms with Crippen molar-refractivity contribution in [2.24, 2.45) is 5.14 Å². The number of carbonyl (C=O) groups is 1. The molecule has 2 aromatic rings. The van der Waals surface area contributed by atoms with Crippen molar-refractivity contribution in [3.8, 4) is 0 Å². The summed E-state index contributed by atoms with van der Waals surface area (Å²) >= 11 is 1.38. The van der Waals surface area contributed by atoms with Crippen LogP contribution in [0.4, 0.5) is 18.9 Å². The highest BCUT2D eigenvalue weighted by Gasteiger charge is 2.38. The predicted molar refractivity (Wildman–Crippen MR) is 90.8 cm³/mol. The summed E-state index contributed by atoms with van der Waals surface area (Å²) in [5, 5.41) is 18.6. The zero-order valence-electron chi connectivity index (χ0n) is 13.4. The fourth-order valence-corrected chi connectivity index (χ4v) is 3.92. The molecule has 0 bridgehead atoms. The van der Waals surface area contributed by atoms with Gasteiger partial charge < -0.3 is 10.4 Å². The van der Waals surface area contributed by atoms with Crippen LogP contribution in [0, 0.1) is 0 Å². The number of nitrogens with two attached hydrogens (primary N) is 1. The molecule has 1 heterocycles. The minimum atomic E-state index is -5.02. The molecule has 6 nitrogen and oxygen atoms in total. The van der Waals surface area contributed by atoms with Gasteiger partial charge in [-0.2, -0.15) is 13.2 Å². The number of anilines is 1. The van der Waals surface area contributed by atoms with Gasteiger partial charge in [-0.05, 0) is 35.6 Å². The first-order valence-electron chi connectivity index (χ1n) is 7.25. The molecule has 0 aliphatic rings. The Morgan fingerprint density at radius 1 is 1.31 bits per heavy atom. The smallest absolute Gasteiger partial charge is 0.417 e. The van der Waals surface area contributed by atoms with E-state index in [-0.39, 0.29) is 12.2 Å². The van der Waals surface area contributed by atoms with Crippen molar-refractivity contribution in [3.05, 3.63) is 45.1 Å². The summed E-state index contributed by atoms with van der Waals surface area (Å²) in [5.41, 5.74) is -1.43. The highest BCUT2D eigenvalue weighted by molar-refractivity contribution is 7.89. The molecule has 0 radical (unpaired) electrons. The monoisotopic (exact) mass is 408 g/mol. The Balaban J connectivity index is 2.51. The van der Waals surface area contributed by atoms with E-state index in [0.29, 0.717) is 12.1 Å². The lowest BCUT2D eigenvalue weighted by molar-refractivity contribution is -0.139. The van der Waals surface area contributed by atoms with Crippen LogP contribution in [-0.4, -0.2) is 19.5 Å². The predicted octanol–water partition coefficient (Wildman–Crippen LogP) is 3.29. The number of alkyl halides is 3. The largest absolute Gasteiger partial charge is 0.478 e. The molecule has 0 saturated heterocycles. The van der Waals surface area contributed by atoms with E-state index < -0.39 is 38.2 Å². The number of carboxylic acids is 1. The summed E-state index contributed by atoms with van der Waals surface area (Å²) in [6.45, 7) is 2.04. The Kier molecular flexibility index (Phi) is 5.64. The quantitative estimate of drug-likeness (QED) is 0.680. The number of primary sulfonamides is 1. The summed E-state index contributed by atoms with van der Waals surface area (Å²) in [7, 11) is -4.77. The van der Waals surface area contributed by atoms with Gasteiger partial charge >= 0.3 is 12.1 Å². The summed E-state index contributed by atoms with van der Waals surface area (Å²) in [5.74, 6) is -1.58. The van der Waals surface area contributed by atoms with E-state index in [2.05, 4.69) is 5.32 Å². The molecule has 2 rings (SSSR count). The number of hydrogen-bond donors (Lipinski definition) is 3. The second-order valence-corrected chi connectivity index (χ2v) is 7.90. The maximum absolute atomic E-state index is 13.2. The number of carboxylic acid groups (broad SMARTS) is 1. The van der Waals surface area contributed by atoms with Crippen molar-refractivity contribution in [2.75, 3.05) is 5.32 Å². The van der Waals surface area contributed by atoms with Crippen LogP contribution < -0.4 is 10.5 Å². The molecule has 0 saturated carbocycles.